The number of amides is 1. The lowest BCUT2D eigenvalue weighted by Gasteiger charge is -2.41. The van der Waals surface area contributed by atoms with Gasteiger partial charge in [-0.15, -0.1) is 0 Å². The summed E-state index contributed by atoms with van der Waals surface area (Å²) < 4.78 is 0. The molecule has 3 heteroatoms. The van der Waals surface area contributed by atoms with Crippen LogP contribution in [0, 0.1) is 11.3 Å². The van der Waals surface area contributed by atoms with Crippen LogP contribution in [0.1, 0.15) is 51.0 Å². The molecule has 1 aliphatic carbocycles. The van der Waals surface area contributed by atoms with Gasteiger partial charge in [0.15, 0.2) is 0 Å². The highest BCUT2D eigenvalue weighted by Gasteiger charge is 2.44. The van der Waals surface area contributed by atoms with Gasteiger partial charge < -0.3 is 9.80 Å². The van der Waals surface area contributed by atoms with Gasteiger partial charge in [0.05, 0.1) is 0 Å². The maximum Gasteiger partial charge on any atom is 0.223 e. The smallest absolute Gasteiger partial charge is 0.223 e. The van der Waals surface area contributed by atoms with Crippen LogP contribution in [0.15, 0.2) is 24.3 Å². The Morgan fingerprint density at radius 2 is 1.96 bits per heavy atom. The minimum atomic E-state index is 0.187. The number of para-hydroxylation sites is 1. The topological polar surface area (TPSA) is 23.6 Å². The Morgan fingerprint density at radius 3 is 2.75 bits per heavy atom. The predicted octanol–water partition coefficient (Wildman–Crippen LogP) is 3.87. The second-order valence-corrected chi connectivity index (χ2v) is 8.40. The van der Waals surface area contributed by atoms with Gasteiger partial charge in [-0.1, -0.05) is 37.5 Å². The molecule has 0 aromatic heterocycles. The summed E-state index contributed by atoms with van der Waals surface area (Å²) in [7, 11) is 0. The van der Waals surface area contributed by atoms with Crippen LogP contribution >= 0.6 is 0 Å². The van der Waals surface area contributed by atoms with E-state index in [-0.39, 0.29) is 11.3 Å². The third-order valence-electron chi connectivity index (χ3n) is 6.48. The molecule has 130 valence electrons. The molecule has 4 rings (SSSR count). The molecule has 1 saturated carbocycles. The molecule has 0 radical (unpaired) electrons. The number of nitrogens with zero attached hydrogens (tertiary/aromatic N) is 2. The van der Waals surface area contributed by atoms with Crippen LogP contribution in [0.25, 0.3) is 0 Å². The maximum atomic E-state index is 12.2. The van der Waals surface area contributed by atoms with Gasteiger partial charge in [0.2, 0.25) is 5.91 Å². The largest absolute Gasteiger partial charge is 0.312 e. The summed E-state index contributed by atoms with van der Waals surface area (Å²) in [6.45, 7) is 6.28. The zero-order chi connectivity index (χ0) is 16.6. The molecule has 1 aromatic rings. The van der Waals surface area contributed by atoms with Crippen molar-refractivity contribution in [3.8, 4) is 0 Å². The van der Waals surface area contributed by atoms with Crippen molar-refractivity contribution in [2.24, 2.45) is 11.3 Å². The normalized spacial score (nSPS) is 28.3. The van der Waals surface area contributed by atoms with E-state index in [1.807, 2.05) is 4.90 Å². The Hall–Kier alpha value is -1.35. The van der Waals surface area contributed by atoms with Crippen molar-refractivity contribution in [1.82, 2.24) is 4.90 Å². The number of benzene rings is 1. The average molecular weight is 326 g/mol. The third kappa shape index (κ3) is 3.11. The van der Waals surface area contributed by atoms with E-state index in [1.165, 1.54) is 63.7 Å². The number of likely N-dealkylation sites (tertiary alicyclic amines) is 1. The van der Waals surface area contributed by atoms with Crippen molar-refractivity contribution in [1.29, 1.82) is 0 Å². The van der Waals surface area contributed by atoms with Crippen LogP contribution in [-0.2, 0) is 11.2 Å². The molecule has 3 nitrogen and oxygen atoms in total. The van der Waals surface area contributed by atoms with Crippen LogP contribution in [-0.4, -0.2) is 37.0 Å². The molecule has 1 unspecified atom stereocenters. The molecular formula is C21H30N2O. The molecule has 1 atom stereocenters. The van der Waals surface area contributed by atoms with E-state index in [9.17, 15) is 4.79 Å². The summed E-state index contributed by atoms with van der Waals surface area (Å²) in [5.74, 6) is 1.10. The summed E-state index contributed by atoms with van der Waals surface area (Å²) in [6, 6.07) is 8.50. The quantitative estimate of drug-likeness (QED) is 0.824. The maximum absolute atomic E-state index is 12.2. The first kappa shape index (κ1) is 16.1. The average Bonchev–Trinajstić information content (AvgIpc) is 2.97. The fourth-order valence-corrected chi connectivity index (χ4v) is 5.28. The lowest BCUT2D eigenvalue weighted by Crippen LogP contribution is -2.47. The number of hydrogen-bond acceptors (Lipinski definition) is 2. The Balaban J connectivity index is 1.49. The van der Waals surface area contributed by atoms with Gasteiger partial charge in [-0.3, -0.25) is 4.79 Å². The molecule has 1 saturated heterocycles. The van der Waals surface area contributed by atoms with Gasteiger partial charge in [0, 0.05) is 37.7 Å². The van der Waals surface area contributed by atoms with E-state index in [2.05, 4.69) is 29.2 Å². The van der Waals surface area contributed by atoms with E-state index in [0.717, 1.165) is 24.6 Å². The van der Waals surface area contributed by atoms with Crippen LogP contribution in [0.4, 0.5) is 5.69 Å². The Bertz CT molecular complexity index is 608. The second-order valence-electron chi connectivity index (χ2n) is 8.40. The first-order valence-electron chi connectivity index (χ1n) is 9.74. The highest BCUT2D eigenvalue weighted by Crippen LogP contribution is 2.43. The number of carbonyl (C=O) groups excluding carboxylic acids is 1. The standard InChI is InChI=1S/C21H30N2O/c1-17(24)23-16-21(13-19-9-5-6-10-20(19)23)11-12-22(15-21)14-18-7-3-2-4-8-18/h5-6,9-10,18H,2-4,7-8,11-16H2,1H3. The molecule has 1 amide bonds. The van der Waals surface area contributed by atoms with E-state index < -0.39 is 0 Å². The van der Waals surface area contributed by atoms with E-state index >= 15 is 0 Å². The zero-order valence-electron chi connectivity index (χ0n) is 15.0. The molecule has 3 aliphatic rings. The van der Waals surface area contributed by atoms with E-state index in [1.54, 1.807) is 6.92 Å². The minimum absolute atomic E-state index is 0.187. The van der Waals surface area contributed by atoms with Gasteiger partial charge in [0.25, 0.3) is 0 Å². The summed E-state index contributed by atoms with van der Waals surface area (Å²) in [6.07, 6.45) is 9.50. The van der Waals surface area contributed by atoms with Crippen molar-refractivity contribution < 1.29 is 4.79 Å². The van der Waals surface area contributed by atoms with Crippen LogP contribution in [0.5, 0.6) is 0 Å². The van der Waals surface area contributed by atoms with Crippen molar-refractivity contribution in [3.63, 3.8) is 0 Å². The molecule has 1 aromatic carbocycles. The van der Waals surface area contributed by atoms with Crippen molar-refractivity contribution in [3.05, 3.63) is 29.8 Å². The highest BCUT2D eigenvalue weighted by atomic mass is 16.2. The summed E-state index contributed by atoms with van der Waals surface area (Å²) in [4.78, 5) is 16.9. The number of hydrogen-bond donors (Lipinski definition) is 0. The zero-order valence-corrected chi connectivity index (χ0v) is 15.0. The van der Waals surface area contributed by atoms with Crippen LogP contribution in [0.2, 0.25) is 0 Å². The molecule has 1 spiro atoms. The lowest BCUT2D eigenvalue weighted by molar-refractivity contribution is -0.117. The molecule has 0 N–H and O–H groups in total. The molecule has 2 heterocycles. The fraction of sp³-hybridized carbons (Fsp3) is 0.667. The first-order valence-corrected chi connectivity index (χ1v) is 9.74. The van der Waals surface area contributed by atoms with Gasteiger partial charge in [-0.05, 0) is 49.8 Å². The number of anilines is 1. The molecule has 0 bridgehead atoms. The highest BCUT2D eigenvalue weighted by molar-refractivity contribution is 5.93. The molecule has 2 aliphatic heterocycles. The number of rotatable bonds is 2. The first-order chi connectivity index (χ1) is 11.7. The van der Waals surface area contributed by atoms with E-state index in [0.29, 0.717) is 0 Å². The van der Waals surface area contributed by atoms with E-state index in [4.69, 9.17) is 0 Å². The Labute approximate surface area is 146 Å². The summed E-state index contributed by atoms with van der Waals surface area (Å²) in [5, 5.41) is 0. The minimum Gasteiger partial charge on any atom is -0.312 e. The summed E-state index contributed by atoms with van der Waals surface area (Å²) in [5.41, 5.74) is 2.77. The molecule has 2 fully saturated rings. The van der Waals surface area contributed by atoms with Gasteiger partial charge in [-0.25, -0.2) is 0 Å². The van der Waals surface area contributed by atoms with Crippen LogP contribution in [0.3, 0.4) is 0 Å². The van der Waals surface area contributed by atoms with Crippen molar-refractivity contribution in [2.75, 3.05) is 31.1 Å². The van der Waals surface area contributed by atoms with Crippen molar-refractivity contribution in [2.45, 2.75) is 51.9 Å². The Kier molecular flexibility index (Phi) is 4.38. The second kappa shape index (κ2) is 6.51. The predicted molar refractivity (Wildman–Crippen MR) is 98.2 cm³/mol. The molecular weight excluding hydrogens is 296 g/mol. The SMILES string of the molecule is CC(=O)N1CC2(CCN(CC3CCCCC3)C2)Cc2ccccc21. The number of carbonyl (C=O) groups is 1. The fourth-order valence-electron chi connectivity index (χ4n) is 5.28. The number of fused-ring (bicyclic) bond motifs is 1. The van der Waals surface area contributed by atoms with Gasteiger partial charge in [-0.2, -0.15) is 0 Å². The van der Waals surface area contributed by atoms with Gasteiger partial charge in [0.1, 0.15) is 0 Å². The monoisotopic (exact) mass is 326 g/mol. The van der Waals surface area contributed by atoms with Crippen molar-refractivity contribution >= 4 is 11.6 Å². The van der Waals surface area contributed by atoms with Gasteiger partial charge >= 0.3 is 0 Å². The van der Waals surface area contributed by atoms with Crippen LogP contribution < -0.4 is 4.90 Å². The lowest BCUT2D eigenvalue weighted by atomic mass is 9.77. The summed E-state index contributed by atoms with van der Waals surface area (Å²) >= 11 is 0. The third-order valence-corrected chi connectivity index (χ3v) is 6.48. The Morgan fingerprint density at radius 1 is 1.17 bits per heavy atom. The molecule has 24 heavy (non-hydrogen) atoms.